The van der Waals surface area contributed by atoms with Gasteiger partial charge in [0.25, 0.3) is 0 Å². The molecule has 0 bridgehead atoms. The van der Waals surface area contributed by atoms with Crippen LogP contribution in [0, 0.1) is 0 Å². The van der Waals surface area contributed by atoms with Gasteiger partial charge in [-0.1, -0.05) is 0 Å². The van der Waals surface area contributed by atoms with E-state index in [9.17, 15) is 91.6 Å². The number of rotatable bonds is 11. The van der Waals surface area contributed by atoms with Crippen LogP contribution in [0.5, 0.6) is 17.2 Å². The maximum absolute atomic E-state index is 14.0. The number of aliphatic hydroxyl groups excluding tert-OH is 14. The van der Waals surface area contributed by atoms with Gasteiger partial charge in [0.15, 0.2) is 23.6 Å². The number of aromatic hydroxyl groups is 3. The highest BCUT2D eigenvalue weighted by Crippen LogP contribution is 2.51. The lowest BCUT2D eigenvalue weighted by Crippen LogP contribution is -2.63. The van der Waals surface area contributed by atoms with Gasteiger partial charge in [-0.25, -0.2) is 0 Å². The zero-order valence-corrected chi connectivity index (χ0v) is 33.1. The molecule has 5 heterocycles. The molecule has 17 N–H and O–H groups in total. The van der Waals surface area contributed by atoms with Gasteiger partial charge in [-0.2, -0.15) is 0 Å². The molecule has 25 heteroatoms. The molecule has 0 radical (unpaired) electrons. The lowest BCUT2D eigenvalue weighted by atomic mass is 9.84. The second-order valence-corrected chi connectivity index (χ2v) is 15.9. The number of hydrogen-bond acceptors (Lipinski definition) is 25. The summed E-state index contributed by atoms with van der Waals surface area (Å²) in [6.07, 6.45) is -38.7. The first kappa shape index (κ1) is 48.2. The Balaban J connectivity index is 1.31. The van der Waals surface area contributed by atoms with Crippen LogP contribution >= 0.6 is 0 Å². The Morgan fingerprint density at radius 3 is 1.36 bits per heavy atom. The van der Waals surface area contributed by atoms with Crippen LogP contribution in [0.2, 0.25) is 0 Å². The Kier molecular flexibility index (Phi) is 14.5. The minimum absolute atomic E-state index is 0.155. The van der Waals surface area contributed by atoms with E-state index in [1.165, 1.54) is 24.3 Å². The minimum Gasteiger partial charge on any atom is -0.508 e. The highest BCUT2D eigenvalue weighted by Gasteiger charge is 2.55. The normalized spacial score (nSPS) is 40.7. The van der Waals surface area contributed by atoms with Crippen LogP contribution in [-0.4, -0.2) is 223 Å². The van der Waals surface area contributed by atoms with E-state index in [2.05, 4.69) is 0 Å². The third kappa shape index (κ3) is 8.46. The summed E-state index contributed by atoms with van der Waals surface area (Å²) in [5.41, 5.74) is -3.26. The average molecular weight is 919 g/mol. The Morgan fingerprint density at radius 1 is 0.484 bits per heavy atom. The van der Waals surface area contributed by atoms with Crippen molar-refractivity contribution in [1.29, 1.82) is 0 Å². The fraction of sp³-hybridized carbons (Fsp3) is 0.615. The molecule has 0 saturated carbocycles. The maximum atomic E-state index is 14.0. The first-order valence-corrected chi connectivity index (χ1v) is 19.9. The number of fused-ring (bicyclic) bond motifs is 1. The van der Waals surface area contributed by atoms with Crippen molar-refractivity contribution in [2.24, 2.45) is 0 Å². The molecule has 0 unspecified atom stereocenters. The smallest absolute Gasteiger partial charge is 0.197 e. The number of aliphatic hydroxyl groups is 14. The van der Waals surface area contributed by atoms with Gasteiger partial charge in [0.05, 0.1) is 37.6 Å². The minimum atomic E-state index is -2.30. The standard InChI is InChI=1S/C39H50O25/c40-6-14-21(46)25(50)31(56)38(61-14)63-33-16(8-42)59-36(29(54)27(33)52)19-23(48)18-12(45)5-13(10-1-3-11(44)4-2-10)58-35(18)20(24(19)49)37-30(55)28(53)34(17(9-43)60-37)64-39-32(57)26(51)22(47)15(7-41)62-39/h1-5,14-17,21-22,25-34,36-44,46-57H,6-9H2/t14-,15-,16-,17-,21-,22-,25+,26+,27-,28-,29-,30-,31-,32-,33-,34-,36+,37+,38+,39+/m1/s1. The quantitative estimate of drug-likeness (QED) is 0.0850. The van der Waals surface area contributed by atoms with Crippen molar-refractivity contribution >= 4 is 11.0 Å². The largest absolute Gasteiger partial charge is 0.508 e. The Labute approximate surface area is 359 Å². The summed E-state index contributed by atoms with van der Waals surface area (Å²) in [5, 5.41) is 182. The average Bonchev–Trinajstić information content (AvgIpc) is 3.28. The molecule has 4 aliphatic rings. The van der Waals surface area contributed by atoms with Crippen molar-refractivity contribution in [3.63, 3.8) is 0 Å². The molecule has 20 atom stereocenters. The van der Waals surface area contributed by atoms with Crippen LogP contribution in [0.1, 0.15) is 23.3 Å². The summed E-state index contributed by atoms with van der Waals surface area (Å²) < 4.78 is 39.8. The van der Waals surface area contributed by atoms with Crippen molar-refractivity contribution < 1.29 is 120 Å². The lowest BCUT2D eigenvalue weighted by Gasteiger charge is -2.47. The van der Waals surface area contributed by atoms with Crippen molar-refractivity contribution in [3.05, 3.63) is 51.7 Å². The number of hydrogen-bond donors (Lipinski definition) is 17. The summed E-state index contributed by atoms with van der Waals surface area (Å²) in [6.45, 7) is -3.85. The van der Waals surface area contributed by atoms with Crippen LogP contribution in [-0.2, 0) is 28.4 Å². The lowest BCUT2D eigenvalue weighted by molar-refractivity contribution is -0.343. The Bertz CT molecular complexity index is 2130. The molecule has 0 aliphatic carbocycles. The number of phenols is 3. The molecule has 356 valence electrons. The van der Waals surface area contributed by atoms with E-state index in [0.717, 1.165) is 6.07 Å². The second-order valence-electron chi connectivity index (χ2n) is 15.9. The van der Waals surface area contributed by atoms with Crippen LogP contribution in [0.15, 0.2) is 39.5 Å². The van der Waals surface area contributed by atoms with E-state index in [-0.39, 0.29) is 17.1 Å². The molecule has 1 aromatic heterocycles. The predicted octanol–water partition coefficient (Wildman–Crippen LogP) is -6.74. The van der Waals surface area contributed by atoms with Crippen LogP contribution < -0.4 is 5.43 Å². The van der Waals surface area contributed by atoms with Crippen LogP contribution in [0.3, 0.4) is 0 Å². The van der Waals surface area contributed by atoms with Gasteiger partial charge in [-0.05, 0) is 24.3 Å². The molecular formula is C39H50O25. The van der Waals surface area contributed by atoms with Gasteiger partial charge in [0.1, 0.15) is 138 Å². The second kappa shape index (κ2) is 19.2. The van der Waals surface area contributed by atoms with Gasteiger partial charge >= 0.3 is 0 Å². The molecule has 25 nitrogen and oxygen atoms in total. The van der Waals surface area contributed by atoms with E-state index < -0.39 is 188 Å². The molecule has 2 aromatic carbocycles. The summed E-state index contributed by atoms with van der Waals surface area (Å²) >= 11 is 0. The molecule has 3 aromatic rings. The summed E-state index contributed by atoms with van der Waals surface area (Å²) in [5.74, 6) is -2.75. The third-order valence-corrected chi connectivity index (χ3v) is 11.9. The van der Waals surface area contributed by atoms with Crippen molar-refractivity contribution in [2.45, 2.75) is 122 Å². The fourth-order valence-electron chi connectivity index (χ4n) is 8.36. The zero-order valence-electron chi connectivity index (χ0n) is 33.1. The van der Waals surface area contributed by atoms with E-state index in [1.54, 1.807) is 0 Å². The molecule has 64 heavy (non-hydrogen) atoms. The monoisotopic (exact) mass is 918 g/mol. The molecule has 7 rings (SSSR count). The number of ether oxygens (including phenoxy) is 6. The zero-order chi connectivity index (χ0) is 46.6. The van der Waals surface area contributed by atoms with Crippen molar-refractivity contribution in [3.8, 4) is 28.6 Å². The van der Waals surface area contributed by atoms with E-state index >= 15 is 0 Å². The highest BCUT2D eigenvalue weighted by atomic mass is 16.7. The van der Waals surface area contributed by atoms with Gasteiger partial charge in [0, 0.05) is 11.6 Å². The highest BCUT2D eigenvalue weighted by molar-refractivity contribution is 5.92. The Morgan fingerprint density at radius 2 is 0.922 bits per heavy atom. The Hall–Kier alpha value is -3.75. The molecule has 0 spiro atoms. The summed E-state index contributed by atoms with van der Waals surface area (Å²) in [7, 11) is 0. The SMILES string of the molecule is O=c1cc(-c2ccc(O)cc2)oc2c([C@@H]3O[C@H](CO)[C@@H](O[C@@H]4O[C@H](CO)[C@@H](O)[C@H](O)[C@H]4O)[C@H](O)[C@H]3O)c(O)c([C@@H]3O[C@H](CO)[C@@H](O[C@@H]4O[C@H](CO)[C@@H](O)[C@H](O)[C@H]4O)[C@H](O)[C@H]3O)c(O)c12. The topological polar surface area (TPSA) is 430 Å². The molecule has 4 saturated heterocycles. The van der Waals surface area contributed by atoms with Gasteiger partial charge in [-0.3, -0.25) is 4.79 Å². The number of benzene rings is 2. The van der Waals surface area contributed by atoms with Crippen molar-refractivity contribution in [1.82, 2.24) is 0 Å². The first-order valence-electron chi connectivity index (χ1n) is 19.9. The number of phenolic OH excluding ortho intramolecular Hbond substituents is 3. The van der Waals surface area contributed by atoms with Gasteiger partial charge in [0.2, 0.25) is 0 Å². The molecular weight excluding hydrogens is 868 g/mol. The van der Waals surface area contributed by atoms with E-state index in [4.69, 9.17) is 32.8 Å². The molecule has 0 amide bonds. The van der Waals surface area contributed by atoms with Gasteiger partial charge in [-0.15, -0.1) is 0 Å². The summed E-state index contributed by atoms with van der Waals surface area (Å²) in [6, 6.07) is 6.03. The maximum Gasteiger partial charge on any atom is 0.197 e. The predicted molar refractivity (Wildman–Crippen MR) is 204 cm³/mol. The third-order valence-electron chi connectivity index (χ3n) is 11.9. The van der Waals surface area contributed by atoms with Crippen LogP contribution in [0.4, 0.5) is 0 Å². The summed E-state index contributed by atoms with van der Waals surface area (Å²) in [4.78, 5) is 14.0. The van der Waals surface area contributed by atoms with Crippen molar-refractivity contribution in [2.75, 3.05) is 26.4 Å². The van der Waals surface area contributed by atoms with E-state index in [0.29, 0.717) is 0 Å². The fourth-order valence-corrected chi connectivity index (χ4v) is 8.36. The molecule has 4 fully saturated rings. The van der Waals surface area contributed by atoms with Gasteiger partial charge < -0.3 is 120 Å². The van der Waals surface area contributed by atoms with Crippen LogP contribution in [0.25, 0.3) is 22.3 Å². The first-order chi connectivity index (χ1) is 30.4. The van der Waals surface area contributed by atoms with E-state index in [1.807, 2.05) is 0 Å². The molecule has 4 aliphatic heterocycles.